The Labute approximate surface area is 146 Å². The molecule has 0 heterocycles. The SMILES string of the molecule is CCCCN(C)C(=NC)NCCCOc1ccccc1.I. The maximum Gasteiger partial charge on any atom is 0.193 e. The van der Waals surface area contributed by atoms with Crippen LogP contribution in [0.15, 0.2) is 35.3 Å². The number of benzene rings is 1. The minimum atomic E-state index is 0. The van der Waals surface area contributed by atoms with Gasteiger partial charge in [-0.05, 0) is 25.0 Å². The molecular formula is C16H28IN3O. The van der Waals surface area contributed by atoms with Gasteiger partial charge in [-0.3, -0.25) is 4.99 Å². The van der Waals surface area contributed by atoms with Crippen molar-refractivity contribution in [2.45, 2.75) is 26.2 Å². The van der Waals surface area contributed by atoms with Gasteiger partial charge >= 0.3 is 0 Å². The van der Waals surface area contributed by atoms with Crippen LogP contribution in [0.4, 0.5) is 0 Å². The second kappa shape index (κ2) is 12.7. The summed E-state index contributed by atoms with van der Waals surface area (Å²) in [4.78, 5) is 6.46. The third-order valence-corrected chi connectivity index (χ3v) is 3.04. The van der Waals surface area contributed by atoms with E-state index in [1.807, 2.05) is 37.4 Å². The van der Waals surface area contributed by atoms with Crippen molar-refractivity contribution < 1.29 is 4.74 Å². The fourth-order valence-electron chi connectivity index (χ4n) is 1.87. The lowest BCUT2D eigenvalue weighted by Gasteiger charge is -2.21. The summed E-state index contributed by atoms with van der Waals surface area (Å²) in [5.41, 5.74) is 0. The summed E-state index contributed by atoms with van der Waals surface area (Å²) < 4.78 is 5.65. The van der Waals surface area contributed by atoms with Crippen LogP contribution in [0.25, 0.3) is 0 Å². The van der Waals surface area contributed by atoms with Crippen LogP contribution in [0.5, 0.6) is 5.75 Å². The largest absolute Gasteiger partial charge is 0.494 e. The van der Waals surface area contributed by atoms with E-state index in [0.29, 0.717) is 6.61 Å². The van der Waals surface area contributed by atoms with Crippen LogP contribution in [0.2, 0.25) is 0 Å². The summed E-state index contributed by atoms with van der Waals surface area (Å²) in [7, 11) is 3.90. The maximum atomic E-state index is 5.65. The molecule has 1 N–H and O–H groups in total. The lowest BCUT2D eigenvalue weighted by molar-refractivity contribution is 0.310. The Morgan fingerprint density at radius 3 is 2.57 bits per heavy atom. The predicted molar refractivity (Wildman–Crippen MR) is 101 cm³/mol. The summed E-state index contributed by atoms with van der Waals surface area (Å²) >= 11 is 0. The molecule has 21 heavy (non-hydrogen) atoms. The fraction of sp³-hybridized carbons (Fsp3) is 0.562. The summed E-state index contributed by atoms with van der Waals surface area (Å²) in [6.07, 6.45) is 3.34. The molecule has 0 atom stereocenters. The zero-order valence-corrected chi connectivity index (χ0v) is 15.7. The molecular weight excluding hydrogens is 377 g/mol. The van der Waals surface area contributed by atoms with E-state index in [2.05, 4.69) is 29.2 Å². The zero-order valence-electron chi connectivity index (χ0n) is 13.3. The maximum absolute atomic E-state index is 5.65. The van der Waals surface area contributed by atoms with Gasteiger partial charge in [-0.2, -0.15) is 0 Å². The number of unbranched alkanes of at least 4 members (excludes halogenated alkanes) is 1. The number of aliphatic imine (C=N–C) groups is 1. The molecule has 0 aliphatic heterocycles. The molecule has 0 bridgehead atoms. The summed E-state index contributed by atoms with van der Waals surface area (Å²) in [6, 6.07) is 9.91. The molecule has 0 spiro atoms. The second-order valence-electron chi connectivity index (χ2n) is 4.76. The predicted octanol–water partition coefficient (Wildman–Crippen LogP) is 3.38. The highest BCUT2D eigenvalue weighted by atomic mass is 127. The first-order valence-electron chi connectivity index (χ1n) is 7.37. The number of guanidine groups is 1. The Hall–Kier alpha value is -0.980. The molecule has 0 saturated heterocycles. The molecule has 0 aliphatic rings. The molecule has 0 radical (unpaired) electrons. The van der Waals surface area contributed by atoms with E-state index >= 15 is 0 Å². The third kappa shape index (κ3) is 8.80. The first kappa shape index (κ1) is 20.0. The molecule has 1 aromatic rings. The first-order chi connectivity index (χ1) is 9.77. The molecule has 1 rings (SSSR count). The number of para-hydroxylation sites is 1. The van der Waals surface area contributed by atoms with E-state index in [1.54, 1.807) is 0 Å². The van der Waals surface area contributed by atoms with Crippen molar-refractivity contribution in [3.63, 3.8) is 0 Å². The van der Waals surface area contributed by atoms with Crippen LogP contribution in [0.3, 0.4) is 0 Å². The van der Waals surface area contributed by atoms with Gasteiger partial charge in [0, 0.05) is 27.2 Å². The topological polar surface area (TPSA) is 36.9 Å². The van der Waals surface area contributed by atoms with Crippen molar-refractivity contribution in [1.29, 1.82) is 0 Å². The van der Waals surface area contributed by atoms with Gasteiger partial charge in [0.2, 0.25) is 0 Å². The van der Waals surface area contributed by atoms with Crippen molar-refractivity contribution in [2.24, 2.45) is 4.99 Å². The highest BCUT2D eigenvalue weighted by molar-refractivity contribution is 14.0. The number of rotatable bonds is 8. The van der Waals surface area contributed by atoms with Crippen molar-refractivity contribution in [3.8, 4) is 5.75 Å². The first-order valence-corrected chi connectivity index (χ1v) is 7.37. The summed E-state index contributed by atoms with van der Waals surface area (Å²) in [5, 5.41) is 3.36. The molecule has 0 amide bonds. The van der Waals surface area contributed by atoms with Crippen LogP contribution in [-0.2, 0) is 0 Å². The van der Waals surface area contributed by atoms with E-state index in [-0.39, 0.29) is 24.0 Å². The Bertz CT molecular complexity index is 384. The average Bonchev–Trinajstić information content (AvgIpc) is 2.49. The molecule has 0 unspecified atom stereocenters. The number of halogens is 1. The van der Waals surface area contributed by atoms with Crippen LogP contribution in [-0.4, -0.2) is 44.7 Å². The standard InChI is InChI=1S/C16H27N3O.HI/c1-4-5-13-19(3)16(17-2)18-12-9-14-20-15-10-7-6-8-11-15;/h6-8,10-11H,4-5,9,12-14H2,1-3H3,(H,17,18);1H. The van der Waals surface area contributed by atoms with Crippen LogP contribution in [0, 0.1) is 0 Å². The number of hydrogen-bond acceptors (Lipinski definition) is 2. The number of hydrogen-bond donors (Lipinski definition) is 1. The summed E-state index contributed by atoms with van der Waals surface area (Å²) in [5.74, 6) is 1.88. The van der Waals surface area contributed by atoms with Crippen molar-refractivity contribution in [1.82, 2.24) is 10.2 Å². The minimum Gasteiger partial charge on any atom is -0.494 e. The van der Waals surface area contributed by atoms with E-state index in [1.165, 1.54) is 12.8 Å². The smallest absolute Gasteiger partial charge is 0.193 e. The Kier molecular flexibility index (Phi) is 12.1. The van der Waals surface area contributed by atoms with E-state index in [9.17, 15) is 0 Å². The molecule has 0 fully saturated rings. The van der Waals surface area contributed by atoms with Gasteiger partial charge in [0.15, 0.2) is 5.96 Å². The van der Waals surface area contributed by atoms with E-state index < -0.39 is 0 Å². The van der Waals surface area contributed by atoms with Crippen LogP contribution in [0.1, 0.15) is 26.2 Å². The van der Waals surface area contributed by atoms with Gasteiger partial charge in [0.25, 0.3) is 0 Å². The van der Waals surface area contributed by atoms with Crippen LogP contribution < -0.4 is 10.1 Å². The van der Waals surface area contributed by atoms with E-state index in [0.717, 1.165) is 31.2 Å². The molecule has 5 heteroatoms. The third-order valence-electron chi connectivity index (χ3n) is 3.04. The number of nitrogens with one attached hydrogen (secondary N) is 1. The quantitative estimate of drug-likeness (QED) is 0.312. The highest BCUT2D eigenvalue weighted by Gasteiger charge is 2.03. The van der Waals surface area contributed by atoms with Crippen molar-refractivity contribution >= 4 is 29.9 Å². The zero-order chi connectivity index (χ0) is 14.6. The fourth-order valence-corrected chi connectivity index (χ4v) is 1.87. The number of nitrogens with zero attached hydrogens (tertiary/aromatic N) is 2. The monoisotopic (exact) mass is 405 g/mol. The Morgan fingerprint density at radius 2 is 1.95 bits per heavy atom. The van der Waals surface area contributed by atoms with Crippen molar-refractivity contribution in [2.75, 3.05) is 33.8 Å². The molecule has 1 aromatic carbocycles. The molecule has 0 aliphatic carbocycles. The van der Waals surface area contributed by atoms with Gasteiger partial charge in [0.1, 0.15) is 5.75 Å². The summed E-state index contributed by atoms with van der Waals surface area (Å²) in [6.45, 7) is 4.82. The van der Waals surface area contributed by atoms with Gasteiger partial charge in [-0.25, -0.2) is 0 Å². The number of ether oxygens (including phenoxy) is 1. The highest BCUT2D eigenvalue weighted by Crippen LogP contribution is 2.08. The average molecular weight is 405 g/mol. The van der Waals surface area contributed by atoms with Gasteiger partial charge in [0.05, 0.1) is 6.61 Å². The van der Waals surface area contributed by atoms with Crippen LogP contribution >= 0.6 is 24.0 Å². The second-order valence-corrected chi connectivity index (χ2v) is 4.76. The van der Waals surface area contributed by atoms with Gasteiger partial charge in [-0.1, -0.05) is 31.5 Å². The van der Waals surface area contributed by atoms with Crippen molar-refractivity contribution in [3.05, 3.63) is 30.3 Å². The Morgan fingerprint density at radius 1 is 1.24 bits per heavy atom. The molecule has 0 saturated carbocycles. The lowest BCUT2D eigenvalue weighted by Crippen LogP contribution is -2.40. The van der Waals surface area contributed by atoms with Gasteiger partial charge < -0.3 is 15.0 Å². The van der Waals surface area contributed by atoms with Gasteiger partial charge in [-0.15, -0.1) is 24.0 Å². The van der Waals surface area contributed by atoms with E-state index in [4.69, 9.17) is 4.74 Å². The lowest BCUT2D eigenvalue weighted by atomic mass is 10.3. The minimum absolute atomic E-state index is 0. The Balaban J connectivity index is 0.00000400. The molecule has 120 valence electrons. The molecule has 0 aromatic heterocycles. The normalized spacial score (nSPS) is 10.7. The molecule has 4 nitrogen and oxygen atoms in total.